The summed E-state index contributed by atoms with van der Waals surface area (Å²) in [5.74, 6) is -1.52. The summed E-state index contributed by atoms with van der Waals surface area (Å²) < 4.78 is 49.0. The van der Waals surface area contributed by atoms with Gasteiger partial charge in [0.15, 0.2) is 6.29 Å². The van der Waals surface area contributed by atoms with Gasteiger partial charge in [-0.15, -0.1) is 11.8 Å². The molecule has 3 aliphatic heterocycles. The SMILES string of the molecule is CC(=O)CSC(CC(=O)NC[C@@]12CO[C@@H](O1)[C@@H](N=S(C)(C)=O)[C@@H](O)[C@H]2O)C(=O)NCC1OC[C@@H](N=S(C)(C)=O)[C@@H](O)[C@H]1O. The van der Waals surface area contributed by atoms with Crippen LogP contribution in [-0.4, -0.2) is 163 Å². The Hall–Kier alpha value is -1.42. The molecule has 3 heterocycles. The molecule has 0 aromatic heterocycles. The van der Waals surface area contributed by atoms with Crippen LogP contribution in [0.2, 0.25) is 0 Å². The first-order valence-corrected chi connectivity index (χ1v) is 19.1. The lowest BCUT2D eigenvalue weighted by Crippen LogP contribution is -2.64. The highest BCUT2D eigenvalue weighted by molar-refractivity contribution is 8.01. The Kier molecular flexibility index (Phi) is 12.0. The van der Waals surface area contributed by atoms with Gasteiger partial charge in [-0.25, -0.2) is 8.73 Å². The Morgan fingerprint density at radius 3 is 2.23 bits per heavy atom. The monoisotopic (exact) mass is 674 g/mol. The topological polar surface area (TPSA) is 243 Å². The van der Waals surface area contributed by atoms with Crippen molar-refractivity contribution in [2.45, 2.75) is 73.1 Å². The summed E-state index contributed by atoms with van der Waals surface area (Å²) in [6, 6.07) is -1.99. The fourth-order valence-corrected chi connectivity index (χ4v) is 7.41. The Bertz CT molecular complexity index is 1280. The van der Waals surface area contributed by atoms with Crippen molar-refractivity contribution >= 4 is 48.8 Å². The molecule has 6 N–H and O–H groups in total. The van der Waals surface area contributed by atoms with Gasteiger partial charge in [-0.05, 0) is 6.92 Å². The Balaban J connectivity index is 1.59. The van der Waals surface area contributed by atoms with Crippen LogP contribution in [0.3, 0.4) is 0 Å². The Morgan fingerprint density at radius 2 is 1.63 bits per heavy atom. The predicted octanol–water partition coefficient (Wildman–Crippen LogP) is -3.54. The lowest BCUT2D eigenvalue weighted by Gasteiger charge is -2.41. The third-order valence-electron chi connectivity index (χ3n) is 6.92. The van der Waals surface area contributed by atoms with E-state index >= 15 is 0 Å². The van der Waals surface area contributed by atoms with E-state index in [-0.39, 0.29) is 44.3 Å². The van der Waals surface area contributed by atoms with Crippen LogP contribution in [-0.2, 0) is 48.1 Å². The van der Waals surface area contributed by atoms with E-state index < -0.39 is 91.0 Å². The van der Waals surface area contributed by atoms with Crippen LogP contribution in [0.1, 0.15) is 13.3 Å². The molecule has 10 atom stereocenters. The van der Waals surface area contributed by atoms with Gasteiger partial charge < -0.3 is 45.3 Å². The first kappa shape index (κ1) is 36.1. The summed E-state index contributed by atoms with van der Waals surface area (Å²) in [6.45, 7) is 0.531. The number of carbonyl (C=O) groups excluding carboxylic acids is 3. The van der Waals surface area contributed by atoms with E-state index in [1.54, 1.807) is 0 Å². The fraction of sp³-hybridized carbons (Fsp3) is 0.875. The number of hydrogen-bond acceptors (Lipinski definition) is 15. The maximum atomic E-state index is 13.0. The number of hydrogen-bond donors (Lipinski definition) is 6. The third kappa shape index (κ3) is 9.78. The standard InChI is InChI=1S/C24H42N4O12S3/c1-12(29)9-41-15(22(35)25-7-14-19(32)18(31)13(8-38-14)27-42(2,3)36)6-16(30)26-10-24-11-39-23(40-24)17(20(33)21(24)34)28-43(4,5)37/h13-15,17-21,23,31-34H,6-11H2,1-5H3,(H,25,35)(H,26,30)/t13-,14?,15?,17+,18-,19+,20-,21-,23+,24+/m1/s1. The molecule has 0 aliphatic carbocycles. The van der Waals surface area contributed by atoms with Crippen molar-refractivity contribution in [1.29, 1.82) is 0 Å². The molecule has 19 heteroatoms. The molecular formula is C24H42N4O12S3. The lowest BCUT2D eigenvalue weighted by molar-refractivity contribution is -0.216. The molecule has 0 aromatic rings. The minimum Gasteiger partial charge on any atom is -0.388 e. The molecule has 3 saturated heterocycles. The lowest BCUT2D eigenvalue weighted by atomic mass is 9.88. The molecule has 3 rings (SSSR count). The molecule has 43 heavy (non-hydrogen) atoms. The molecule has 2 unspecified atom stereocenters. The van der Waals surface area contributed by atoms with Crippen LogP contribution in [0.5, 0.6) is 0 Å². The zero-order valence-corrected chi connectivity index (χ0v) is 27.1. The zero-order valence-electron chi connectivity index (χ0n) is 24.6. The van der Waals surface area contributed by atoms with Crippen LogP contribution in [0, 0.1) is 0 Å². The van der Waals surface area contributed by atoms with E-state index in [2.05, 4.69) is 19.4 Å². The summed E-state index contributed by atoms with van der Waals surface area (Å²) in [5, 5.41) is 46.4. The number of carbonyl (C=O) groups is 3. The molecule has 16 nitrogen and oxygen atoms in total. The number of ether oxygens (including phenoxy) is 3. The summed E-state index contributed by atoms with van der Waals surface area (Å²) in [5.41, 5.74) is -1.50. The second-order valence-corrected chi connectivity index (χ2v) is 17.8. The predicted molar refractivity (Wildman–Crippen MR) is 157 cm³/mol. The van der Waals surface area contributed by atoms with Crippen molar-refractivity contribution < 1.29 is 57.4 Å². The van der Waals surface area contributed by atoms with E-state index in [0.29, 0.717) is 0 Å². The van der Waals surface area contributed by atoms with E-state index in [4.69, 9.17) is 14.2 Å². The first-order valence-electron chi connectivity index (χ1n) is 13.4. The number of nitrogens with one attached hydrogen (secondary N) is 2. The van der Waals surface area contributed by atoms with Gasteiger partial charge in [-0.2, -0.15) is 0 Å². The minimum absolute atomic E-state index is 0.0560. The molecule has 0 spiro atoms. The summed E-state index contributed by atoms with van der Waals surface area (Å²) in [4.78, 5) is 37.5. The normalized spacial score (nSPS) is 35.1. The summed E-state index contributed by atoms with van der Waals surface area (Å²) in [6.07, 6.45) is -2.70. The number of amides is 2. The molecule has 3 fully saturated rings. The molecule has 0 saturated carbocycles. The van der Waals surface area contributed by atoms with Crippen molar-refractivity contribution in [3.05, 3.63) is 0 Å². The molecule has 2 amide bonds. The van der Waals surface area contributed by atoms with Gasteiger partial charge in [0.25, 0.3) is 0 Å². The number of thioether (sulfide) groups is 1. The van der Waals surface area contributed by atoms with Crippen LogP contribution in [0.4, 0.5) is 0 Å². The van der Waals surface area contributed by atoms with Gasteiger partial charge in [-0.1, -0.05) is 0 Å². The second-order valence-electron chi connectivity index (χ2n) is 11.5. The number of ketones is 1. The second kappa shape index (κ2) is 14.3. The van der Waals surface area contributed by atoms with Gasteiger partial charge in [0.2, 0.25) is 11.8 Å². The van der Waals surface area contributed by atoms with Crippen LogP contribution in [0.15, 0.2) is 8.73 Å². The number of aliphatic hydroxyl groups excluding tert-OH is 4. The van der Waals surface area contributed by atoms with Crippen molar-refractivity contribution in [3.63, 3.8) is 0 Å². The van der Waals surface area contributed by atoms with Gasteiger partial charge in [0.05, 0.1) is 30.8 Å². The van der Waals surface area contributed by atoms with Gasteiger partial charge in [0, 0.05) is 57.4 Å². The van der Waals surface area contributed by atoms with Gasteiger partial charge in [-0.3, -0.25) is 22.8 Å². The van der Waals surface area contributed by atoms with Crippen molar-refractivity contribution in [1.82, 2.24) is 10.6 Å². The Morgan fingerprint density at radius 1 is 0.977 bits per heavy atom. The number of aliphatic hydroxyl groups is 4. The molecule has 2 bridgehead atoms. The number of nitrogens with zero attached hydrogens (tertiary/aromatic N) is 2. The maximum absolute atomic E-state index is 13.0. The highest BCUT2D eigenvalue weighted by atomic mass is 32.2. The average molecular weight is 675 g/mol. The fourth-order valence-electron chi connectivity index (χ4n) is 4.82. The Labute approximate surface area is 255 Å². The molecule has 248 valence electrons. The van der Waals surface area contributed by atoms with E-state index in [0.717, 1.165) is 11.8 Å². The van der Waals surface area contributed by atoms with Crippen molar-refractivity contribution in [3.8, 4) is 0 Å². The van der Waals surface area contributed by atoms with E-state index in [1.165, 1.54) is 31.9 Å². The average Bonchev–Trinajstić information content (AvgIpc) is 3.30. The maximum Gasteiger partial charge on any atom is 0.233 e. The van der Waals surface area contributed by atoms with Crippen LogP contribution < -0.4 is 10.6 Å². The summed E-state index contributed by atoms with van der Waals surface area (Å²) in [7, 11) is -5.21. The van der Waals surface area contributed by atoms with E-state index in [9.17, 15) is 43.2 Å². The van der Waals surface area contributed by atoms with E-state index in [1.807, 2.05) is 0 Å². The quantitative estimate of drug-likeness (QED) is 0.118. The molecular weight excluding hydrogens is 632 g/mol. The van der Waals surface area contributed by atoms with Crippen LogP contribution >= 0.6 is 11.8 Å². The first-order chi connectivity index (χ1) is 19.8. The third-order valence-corrected chi connectivity index (χ3v) is 9.80. The summed E-state index contributed by atoms with van der Waals surface area (Å²) >= 11 is 0.935. The van der Waals surface area contributed by atoms with Crippen LogP contribution in [0.25, 0.3) is 0 Å². The zero-order chi connectivity index (χ0) is 32.3. The number of fused-ring (bicyclic) bond motifs is 2. The molecule has 0 radical (unpaired) electrons. The van der Waals surface area contributed by atoms with Crippen molar-refractivity contribution in [2.24, 2.45) is 8.73 Å². The van der Waals surface area contributed by atoms with Crippen molar-refractivity contribution in [2.75, 3.05) is 57.1 Å². The smallest absolute Gasteiger partial charge is 0.233 e. The van der Waals surface area contributed by atoms with Gasteiger partial charge >= 0.3 is 0 Å². The number of Topliss-reactive ketones (excluding diaryl/α,β-unsaturated/α-hetero) is 1. The molecule has 3 aliphatic rings. The highest BCUT2D eigenvalue weighted by Gasteiger charge is 2.59. The largest absolute Gasteiger partial charge is 0.388 e. The molecule has 0 aromatic carbocycles. The number of rotatable bonds is 12. The van der Waals surface area contributed by atoms with Gasteiger partial charge in [0.1, 0.15) is 54.0 Å². The minimum atomic E-state index is -2.65. The highest BCUT2D eigenvalue weighted by Crippen LogP contribution is 2.38.